The Kier molecular flexibility index (Phi) is 8.13. The topological polar surface area (TPSA) is 58.6 Å². The summed E-state index contributed by atoms with van der Waals surface area (Å²) in [7, 11) is 0. The summed E-state index contributed by atoms with van der Waals surface area (Å²) in [6.07, 6.45) is 4.31. The molecule has 1 aliphatic rings. The fraction of sp³-hybridized carbons (Fsp3) is 0.440. The smallest absolute Gasteiger partial charge is 0.261 e. The third-order valence-electron chi connectivity index (χ3n) is 5.96. The second kappa shape index (κ2) is 10.8. The molecule has 2 amide bonds. The fourth-order valence-corrected chi connectivity index (χ4v) is 4.13. The van der Waals surface area contributed by atoms with Crippen LogP contribution in [0.15, 0.2) is 46.9 Å². The monoisotopic (exact) mass is 486 g/mol. The van der Waals surface area contributed by atoms with Crippen LogP contribution in [0.5, 0.6) is 5.75 Å². The molecule has 31 heavy (non-hydrogen) atoms. The van der Waals surface area contributed by atoms with E-state index in [0.717, 1.165) is 46.8 Å². The van der Waals surface area contributed by atoms with Gasteiger partial charge >= 0.3 is 0 Å². The minimum Gasteiger partial charge on any atom is -0.484 e. The molecule has 0 spiro atoms. The van der Waals surface area contributed by atoms with E-state index in [0.29, 0.717) is 12.3 Å². The third-order valence-corrected chi connectivity index (χ3v) is 6.85. The summed E-state index contributed by atoms with van der Waals surface area (Å²) in [5.74, 6) is 0.319. The van der Waals surface area contributed by atoms with Gasteiger partial charge in [0.1, 0.15) is 11.8 Å². The first-order valence-electron chi connectivity index (χ1n) is 10.9. The van der Waals surface area contributed by atoms with Gasteiger partial charge in [-0.05, 0) is 68.5 Å². The molecule has 0 aliphatic heterocycles. The quantitative estimate of drug-likeness (QED) is 0.575. The number of benzene rings is 2. The zero-order chi connectivity index (χ0) is 22.4. The molecule has 1 fully saturated rings. The second-order valence-corrected chi connectivity index (χ2v) is 9.17. The zero-order valence-corrected chi connectivity index (χ0v) is 20.1. The van der Waals surface area contributed by atoms with Crippen molar-refractivity contribution in [2.24, 2.45) is 0 Å². The van der Waals surface area contributed by atoms with Crippen LogP contribution in [0.1, 0.15) is 49.3 Å². The van der Waals surface area contributed by atoms with Gasteiger partial charge in [0.2, 0.25) is 5.91 Å². The lowest BCUT2D eigenvalue weighted by Gasteiger charge is -2.30. The van der Waals surface area contributed by atoms with Crippen LogP contribution in [0, 0.1) is 13.8 Å². The van der Waals surface area contributed by atoms with Gasteiger partial charge in [0, 0.05) is 17.1 Å². The van der Waals surface area contributed by atoms with Crippen molar-refractivity contribution < 1.29 is 14.3 Å². The highest BCUT2D eigenvalue weighted by molar-refractivity contribution is 9.10. The minimum atomic E-state index is -0.581. The summed E-state index contributed by atoms with van der Waals surface area (Å²) in [5, 5.41) is 3.12. The van der Waals surface area contributed by atoms with Gasteiger partial charge in [-0.3, -0.25) is 9.59 Å². The minimum absolute atomic E-state index is 0.103. The van der Waals surface area contributed by atoms with Crippen molar-refractivity contribution in [1.29, 1.82) is 0 Å². The molecule has 166 valence electrons. The van der Waals surface area contributed by atoms with Crippen LogP contribution in [-0.2, 0) is 16.1 Å². The summed E-state index contributed by atoms with van der Waals surface area (Å²) in [4.78, 5) is 27.7. The Morgan fingerprint density at radius 2 is 1.84 bits per heavy atom. The van der Waals surface area contributed by atoms with Crippen molar-refractivity contribution in [3.63, 3.8) is 0 Å². The molecule has 1 atom stereocenters. The van der Waals surface area contributed by atoms with Crippen molar-refractivity contribution in [1.82, 2.24) is 10.2 Å². The number of carbonyl (C=O) groups is 2. The number of hydrogen-bond donors (Lipinski definition) is 1. The van der Waals surface area contributed by atoms with Crippen molar-refractivity contribution in [2.75, 3.05) is 6.61 Å². The normalized spacial score (nSPS) is 14.8. The van der Waals surface area contributed by atoms with Gasteiger partial charge in [-0.1, -0.05) is 53.0 Å². The lowest BCUT2D eigenvalue weighted by molar-refractivity contribution is -0.142. The number of amides is 2. The number of aryl methyl sites for hydroxylation is 2. The largest absolute Gasteiger partial charge is 0.484 e. The molecule has 0 bridgehead atoms. The molecule has 1 aliphatic carbocycles. The number of nitrogens with zero attached hydrogens (tertiary/aromatic N) is 1. The Balaban J connectivity index is 1.73. The van der Waals surface area contributed by atoms with Crippen LogP contribution in [0.25, 0.3) is 0 Å². The Morgan fingerprint density at radius 3 is 2.52 bits per heavy atom. The lowest BCUT2D eigenvalue weighted by Crippen LogP contribution is -2.50. The predicted octanol–water partition coefficient (Wildman–Crippen LogP) is 4.92. The predicted molar refractivity (Wildman–Crippen MR) is 126 cm³/mol. The maximum Gasteiger partial charge on any atom is 0.261 e. The SMILES string of the molecule is Cc1cc(OCC(=O)N(Cc2ccccc2C)[C@@H](C)C(=O)NC2CCCC2)ccc1Br. The molecule has 5 nitrogen and oxygen atoms in total. The molecule has 2 aromatic rings. The van der Waals surface area contributed by atoms with Crippen molar-refractivity contribution in [3.05, 3.63) is 63.6 Å². The van der Waals surface area contributed by atoms with Crippen LogP contribution in [0.4, 0.5) is 0 Å². The number of nitrogens with one attached hydrogen (secondary N) is 1. The highest BCUT2D eigenvalue weighted by Crippen LogP contribution is 2.22. The first-order valence-corrected chi connectivity index (χ1v) is 11.7. The Morgan fingerprint density at radius 1 is 1.13 bits per heavy atom. The van der Waals surface area contributed by atoms with Crippen LogP contribution < -0.4 is 10.1 Å². The van der Waals surface area contributed by atoms with Gasteiger partial charge in [-0.2, -0.15) is 0 Å². The first kappa shape index (κ1) is 23.3. The molecule has 0 saturated heterocycles. The molecule has 3 rings (SSSR count). The third kappa shape index (κ3) is 6.33. The van der Waals surface area contributed by atoms with E-state index in [-0.39, 0.29) is 24.5 Å². The van der Waals surface area contributed by atoms with Gasteiger partial charge in [0.15, 0.2) is 6.61 Å². The number of ether oxygens (including phenoxy) is 1. The lowest BCUT2D eigenvalue weighted by atomic mass is 10.1. The average Bonchev–Trinajstić information content (AvgIpc) is 3.26. The summed E-state index contributed by atoms with van der Waals surface area (Å²) in [6.45, 7) is 6.03. The van der Waals surface area contributed by atoms with Gasteiger partial charge in [0.05, 0.1) is 0 Å². The van der Waals surface area contributed by atoms with Crippen molar-refractivity contribution in [2.45, 2.75) is 65.1 Å². The molecular weight excluding hydrogens is 456 g/mol. The molecule has 0 radical (unpaired) electrons. The van der Waals surface area contributed by atoms with E-state index >= 15 is 0 Å². The van der Waals surface area contributed by atoms with Gasteiger partial charge in [0.25, 0.3) is 5.91 Å². The average molecular weight is 487 g/mol. The Hall–Kier alpha value is -2.34. The first-order chi connectivity index (χ1) is 14.8. The highest BCUT2D eigenvalue weighted by Gasteiger charge is 2.29. The molecule has 0 unspecified atom stereocenters. The molecular formula is C25H31BrN2O3. The summed E-state index contributed by atoms with van der Waals surface area (Å²) >= 11 is 3.47. The summed E-state index contributed by atoms with van der Waals surface area (Å²) in [5.41, 5.74) is 3.15. The summed E-state index contributed by atoms with van der Waals surface area (Å²) in [6, 6.07) is 13.2. The fourth-order valence-electron chi connectivity index (χ4n) is 3.88. The van der Waals surface area contributed by atoms with E-state index in [1.54, 1.807) is 11.8 Å². The Labute approximate surface area is 193 Å². The molecule has 1 N–H and O–H groups in total. The van der Waals surface area contributed by atoms with Crippen LogP contribution in [-0.4, -0.2) is 35.4 Å². The second-order valence-electron chi connectivity index (χ2n) is 8.31. The van der Waals surface area contributed by atoms with Gasteiger partial charge in [-0.25, -0.2) is 0 Å². The van der Waals surface area contributed by atoms with Crippen LogP contribution in [0.3, 0.4) is 0 Å². The molecule has 2 aromatic carbocycles. The van der Waals surface area contributed by atoms with E-state index in [9.17, 15) is 9.59 Å². The highest BCUT2D eigenvalue weighted by atomic mass is 79.9. The number of halogens is 1. The van der Waals surface area contributed by atoms with E-state index in [4.69, 9.17) is 4.74 Å². The van der Waals surface area contributed by atoms with E-state index in [2.05, 4.69) is 21.2 Å². The van der Waals surface area contributed by atoms with Gasteiger partial charge in [-0.15, -0.1) is 0 Å². The van der Waals surface area contributed by atoms with Gasteiger partial charge < -0.3 is 15.0 Å². The van der Waals surface area contributed by atoms with Crippen LogP contribution in [0.2, 0.25) is 0 Å². The zero-order valence-electron chi connectivity index (χ0n) is 18.5. The standard InChI is InChI=1S/C25H31BrN2O3/c1-17-8-4-5-9-20(17)15-28(19(3)25(30)27-21-10-6-7-11-21)24(29)16-31-22-12-13-23(26)18(2)14-22/h4-5,8-9,12-14,19,21H,6-7,10-11,15-16H2,1-3H3,(H,27,30)/t19-/m0/s1. The van der Waals surface area contributed by atoms with Crippen molar-refractivity contribution in [3.8, 4) is 5.75 Å². The van der Waals surface area contributed by atoms with Crippen molar-refractivity contribution >= 4 is 27.7 Å². The van der Waals surface area contributed by atoms with E-state index < -0.39 is 6.04 Å². The molecule has 1 saturated carbocycles. The molecule has 6 heteroatoms. The summed E-state index contributed by atoms with van der Waals surface area (Å²) < 4.78 is 6.76. The Bertz CT molecular complexity index is 925. The van der Waals surface area contributed by atoms with E-state index in [1.165, 1.54) is 0 Å². The molecule has 0 heterocycles. The number of rotatable bonds is 8. The number of carbonyl (C=O) groups excluding carboxylic acids is 2. The van der Waals surface area contributed by atoms with Crippen LogP contribution >= 0.6 is 15.9 Å². The van der Waals surface area contributed by atoms with E-state index in [1.807, 2.05) is 56.3 Å². The number of hydrogen-bond acceptors (Lipinski definition) is 3. The maximum atomic E-state index is 13.2. The molecule has 0 aromatic heterocycles. The maximum absolute atomic E-state index is 13.2.